The van der Waals surface area contributed by atoms with Crippen LogP contribution in [0.3, 0.4) is 0 Å². The minimum absolute atomic E-state index is 0.00405. The number of benzene rings is 2. The molecule has 164 valence electrons. The van der Waals surface area contributed by atoms with Crippen molar-refractivity contribution in [1.29, 1.82) is 0 Å². The minimum Gasteiger partial charge on any atom is -0.348 e. The van der Waals surface area contributed by atoms with Crippen LogP contribution in [-0.4, -0.2) is 53.8 Å². The fourth-order valence-corrected chi connectivity index (χ4v) is 4.64. The number of aromatic nitrogens is 1. The SMILES string of the molecule is CN(C)C(=O)C1(Cc2cccc(-c3ccccc3)c2)CCN(C(=O)c2ccncc2)CC1. The Balaban J connectivity index is 1.55. The van der Waals surface area contributed by atoms with Crippen LogP contribution in [0, 0.1) is 5.41 Å². The first-order chi connectivity index (χ1) is 15.5. The third-order valence-electron chi connectivity index (χ3n) is 6.37. The maximum atomic E-state index is 13.3. The van der Waals surface area contributed by atoms with E-state index in [1.807, 2.05) is 37.2 Å². The molecule has 1 aliphatic rings. The second kappa shape index (κ2) is 9.35. The van der Waals surface area contributed by atoms with Crippen LogP contribution in [0.4, 0.5) is 0 Å². The Morgan fingerprint density at radius 2 is 1.56 bits per heavy atom. The van der Waals surface area contributed by atoms with E-state index in [0.717, 1.165) is 11.1 Å². The molecule has 0 spiro atoms. The zero-order valence-electron chi connectivity index (χ0n) is 18.7. The molecule has 0 N–H and O–H groups in total. The van der Waals surface area contributed by atoms with E-state index in [1.54, 1.807) is 29.4 Å². The van der Waals surface area contributed by atoms with Crippen molar-refractivity contribution >= 4 is 11.8 Å². The lowest BCUT2D eigenvalue weighted by molar-refractivity contribution is -0.142. The molecule has 2 heterocycles. The second-order valence-electron chi connectivity index (χ2n) is 8.75. The first-order valence-corrected chi connectivity index (χ1v) is 11.0. The number of hydrogen-bond donors (Lipinski definition) is 0. The largest absolute Gasteiger partial charge is 0.348 e. The molecule has 0 radical (unpaired) electrons. The van der Waals surface area contributed by atoms with Gasteiger partial charge in [-0.1, -0.05) is 54.6 Å². The number of pyridine rings is 1. The third kappa shape index (κ3) is 4.57. The van der Waals surface area contributed by atoms with Crippen molar-refractivity contribution in [3.63, 3.8) is 0 Å². The topological polar surface area (TPSA) is 53.5 Å². The quantitative estimate of drug-likeness (QED) is 0.610. The second-order valence-corrected chi connectivity index (χ2v) is 8.75. The van der Waals surface area contributed by atoms with E-state index in [9.17, 15) is 9.59 Å². The average Bonchev–Trinajstić information content (AvgIpc) is 2.85. The molecule has 0 atom stereocenters. The lowest BCUT2D eigenvalue weighted by atomic mass is 9.72. The van der Waals surface area contributed by atoms with Gasteiger partial charge in [0.25, 0.3) is 5.91 Å². The van der Waals surface area contributed by atoms with Crippen molar-refractivity contribution < 1.29 is 9.59 Å². The van der Waals surface area contributed by atoms with E-state index in [1.165, 1.54) is 5.56 Å². The van der Waals surface area contributed by atoms with Crippen molar-refractivity contribution in [2.75, 3.05) is 27.2 Å². The highest BCUT2D eigenvalue weighted by molar-refractivity contribution is 5.94. The number of hydrogen-bond acceptors (Lipinski definition) is 3. The van der Waals surface area contributed by atoms with Gasteiger partial charge in [-0.05, 0) is 48.1 Å². The molecule has 2 aromatic carbocycles. The van der Waals surface area contributed by atoms with Crippen molar-refractivity contribution in [2.45, 2.75) is 19.3 Å². The fourth-order valence-electron chi connectivity index (χ4n) is 4.64. The van der Waals surface area contributed by atoms with Gasteiger partial charge < -0.3 is 9.80 Å². The number of likely N-dealkylation sites (tertiary alicyclic amines) is 1. The Morgan fingerprint density at radius 3 is 2.22 bits per heavy atom. The van der Waals surface area contributed by atoms with Gasteiger partial charge in [0.05, 0.1) is 5.41 Å². The maximum absolute atomic E-state index is 13.3. The Bertz CT molecular complexity index is 1070. The van der Waals surface area contributed by atoms with Gasteiger partial charge in [0, 0.05) is 45.1 Å². The van der Waals surface area contributed by atoms with Gasteiger partial charge in [-0.3, -0.25) is 14.6 Å². The van der Waals surface area contributed by atoms with Gasteiger partial charge in [0.2, 0.25) is 5.91 Å². The number of piperidine rings is 1. The first-order valence-electron chi connectivity index (χ1n) is 11.0. The summed E-state index contributed by atoms with van der Waals surface area (Å²) in [4.78, 5) is 33.8. The van der Waals surface area contributed by atoms with Crippen molar-refractivity contribution in [2.24, 2.45) is 5.41 Å². The molecule has 1 aromatic heterocycles. The number of rotatable bonds is 5. The van der Waals surface area contributed by atoms with Crippen molar-refractivity contribution in [1.82, 2.24) is 14.8 Å². The summed E-state index contributed by atoms with van der Waals surface area (Å²) in [6.07, 6.45) is 5.24. The number of carbonyl (C=O) groups is 2. The summed E-state index contributed by atoms with van der Waals surface area (Å²) in [6, 6.07) is 22.2. The van der Waals surface area contributed by atoms with Gasteiger partial charge in [-0.15, -0.1) is 0 Å². The smallest absolute Gasteiger partial charge is 0.253 e. The average molecular weight is 428 g/mol. The lowest BCUT2D eigenvalue weighted by Crippen LogP contribution is -2.51. The van der Waals surface area contributed by atoms with Crippen LogP contribution in [0.15, 0.2) is 79.1 Å². The highest BCUT2D eigenvalue weighted by Crippen LogP contribution is 2.38. The minimum atomic E-state index is -0.506. The van der Waals surface area contributed by atoms with Crippen molar-refractivity contribution in [3.05, 3.63) is 90.3 Å². The monoisotopic (exact) mass is 427 g/mol. The summed E-state index contributed by atoms with van der Waals surface area (Å²) in [6.45, 7) is 1.14. The van der Waals surface area contributed by atoms with Crippen molar-refractivity contribution in [3.8, 4) is 11.1 Å². The highest BCUT2D eigenvalue weighted by Gasteiger charge is 2.43. The molecule has 0 unspecified atom stereocenters. The Morgan fingerprint density at radius 1 is 0.906 bits per heavy atom. The highest BCUT2D eigenvalue weighted by atomic mass is 16.2. The molecule has 0 aliphatic carbocycles. The van der Waals surface area contributed by atoms with Gasteiger partial charge >= 0.3 is 0 Å². The molecule has 1 fully saturated rings. The molecule has 3 aromatic rings. The Kier molecular flexibility index (Phi) is 6.35. The molecular weight excluding hydrogens is 398 g/mol. The van der Waals surface area contributed by atoms with Crippen LogP contribution in [0.2, 0.25) is 0 Å². The van der Waals surface area contributed by atoms with Crippen LogP contribution in [0.5, 0.6) is 0 Å². The van der Waals surface area contributed by atoms with Crippen LogP contribution in [0.1, 0.15) is 28.8 Å². The summed E-state index contributed by atoms with van der Waals surface area (Å²) in [5.41, 5.74) is 3.60. The predicted octanol–water partition coefficient (Wildman–Crippen LogP) is 4.30. The van der Waals surface area contributed by atoms with Crippen LogP contribution >= 0.6 is 0 Å². The zero-order chi connectivity index (χ0) is 22.6. The number of nitrogens with zero attached hydrogens (tertiary/aromatic N) is 3. The summed E-state index contributed by atoms with van der Waals surface area (Å²) in [5.74, 6) is 0.142. The lowest BCUT2D eigenvalue weighted by Gasteiger charge is -2.42. The van der Waals surface area contributed by atoms with Crippen LogP contribution in [-0.2, 0) is 11.2 Å². The fraction of sp³-hybridized carbons (Fsp3) is 0.296. The normalized spacial score (nSPS) is 15.2. The molecule has 0 saturated carbocycles. The summed E-state index contributed by atoms with van der Waals surface area (Å²) in [7, 11) is 3.64. The standard InChI is InChI=1S/C27H29N3O2/c1-29(2)26(32)27(13-17-30(18-14-27)25(31)23-11-15-28-16-12-23)20-21-7-6-10-24(19-21)22-8-4-3-5-9-22/h3-12,15-16,19H,13-14,17-18,20H2,1-2H3. The van der Waals surface area contributed by atoms with E-state index >= 15 is 0 Å². The summed E-state index contributed by atoms with van der Waals surface area (Å²) < 4.78 is 0. The zero-order valence-corrected chi connectivity index (χ0v) is 18.7. The van der Waals surface area contributed by atoms with E-state index in [0.29, 0.717) is 37.9 Å². The molecule has 32 heavy (non-hydrogen) atoms. The van der Waals surface area contributed by atoms with E-state index in [2.05, 4.69) is 41.4 Å². The van der Waals surface area contributed by atoms with Gasteiger partial charge in [-0.2, -0.15) is 0 Å². The Labute approximate surface area is 189 Å². The predicted molar refractivity (Wildman–Crippen MR) is 126 cm³/mol. The number of amides is 2. The van der Waals surface area contributed by atoms with E-state index in [-0.39, 0.29) is 11.8 Å². The van der Waals surface area contributed by atoms with E-state index in [4.69, 9.17) is 0 Å². The molecule has 2 amide bonds. The molecular formula is C27H29N3O2. The summed E-state index contributed by atoms with van der Waals surface area (Å²) >= 11 is 0. The van der Waals surface area contributed by atoms with Gasteiger partial charge in [-0.25, -0.2) is 0 Å². The molecule has 1 aliphatic heterocycles. The van der Waals surface area contributed by atoms with Crippen LogP contribution in [0.25, 0.3) is 11.1 Å². The van der Waals surface area contributed by atoms with E-state index < -0.39 is 5.41 Å². The first kappa shape index (κ1) is 21.8. The molecule has 4 rings (SSSR count). The maximum Gasteiger partial charge on any atom is 0.253 e. The Hall–Kier alpha value is -3.47. The van der Waals surface area contributed by atoms with Gasteiger partial charge in [0.15, 0.2) is 0 Å². The molecule has 0 bridgehead atoms. The van der Waals surface area contributed by atoms with Gasteiger partial charge in [0.1, 0.15) is 0 Å². The third-order valence-corrected chi connectivity index (χ3v) is 6.37. The molecule has 5 nitrogen and oxygen atoms in total. The van der Waals surface area contributed by atoms with Crippen LogP contribution < -0.4 is 0 Å². The summed E-state index contributed by atoms with van der Waals surface area (Å²) in [5, 5.41) is 0. The number of carbonyl (C=O) groups excluding carboxylic acids is 2. The molecule has 1 saturated heterocycles. The molecule has 5 heteroatoms.